The monoisotopic (exact) mass is 270 g/mol. The molecule has 2 aromatic rings. The lowest BCUT2D eigenvalue weighted by Gasteiger charge is -2.10. The first kappa shape index (κ1) is 12.4. The Morgan fingerprint density at radius 3 is 2.78 bits per heavy atom. The summed E-state index contributed by atoms with van der Waals surface area (Å²) in [6, 6.07) is 2.17. The molecule has 1 heterocycles. The summed E-state index contributed by atoms with van der Waals surface area (Å²) in [4.78, 5) is -0.0670. The van der Waals surface area contributed by atoms with Gasteiger partial charge >= 0.3 is 0 Å². The minimum absolute atomic E-state index is 0.0670. The van der Waals surface area contributed by atoms with Crippen molar-refractivity contribution in [3.05, 3.63) is 35.9 Å². The number of aromatic amines is 1. The van der Waals surface area contributed by atoms with Crippen molar-refractivity contribution in [3.8, 4) is 0 Å². The summed E-state index contributed by atoms with van der Waals surface area (Å²) in [5.74, 6) is -0.644. The SMILES string of the molecule is Cc1cc(F)c(N)cc1S(=O)(=O)Nc1cn[nH]c1. The summed E-state index contributed by atoms with van der Waals surface area (Å²) >= 11 is 0. The third-order valence-electron chi connectivity index (χ3n) is 2.33. The Morgan fingerprint density at radius 2 is 2.17 bits per heavy atom. The van der Waals surface area contributed by atoms with E-state index < -0.39 is 15.8 Å². The first-order valence-electron chi connectivity index (χ1n) is 4.97. The van der Waals surface area contributed by atoms with E-state index in [1.165, 1.54) is 19.3 Å². The summed E-state index contributed by atoms with van der Waals surface area (Å²) in [7, 11) is -3.81. The zero-order chi connectivity index (χ0) is 13.3. The Balaban J connectivity index is 2.44. The second kappa shape index (κ2) is 4.30. The van der Waals surface area contributed by atoms with Crippen LogP contribution in [0.5, 0.6) is 0 Å². The summed E-state index contributed by atoms with van der Waals surface area (Å²) in [5.41, 5.74) is 5.72. The predicted molar refractivity (Wildman–Crippen MR) is 64.9 cm³/mol. The van der Waals surface area contributed by atoms with Gasteiger partial charge < -0.3 is 5.73 Å². The molecule has 2 rings (SSSR count). The van der Waals surface area contributed by atoms with E-state index in [0.29, 0.717) is 0 Å². The zero-order valence-corrected chi connectivity index (χ0v) is 10.3. The van der Waals surface area contributed by atoms with Crippen LogP contribution >= 0.6 is 0 Å². The van der Waals surface area contributed by atoms with Crippen LogP contribution in [-0.2, 0) is 10.0 Å². The van der Waals surface area contributed by atoms with Crippen LogP contribution in [-0.4, -0.2) is 18.6 Å². The van der Waals surface area contributed by atoms with Crippen molar-refractivity contribution in [2.24, 2.45) is 0 Å². The van der Waals surface area contributed by atoms with Crippen LogP contribution in [0, 0.1) is 12.7 Å². The largest absolute Gasteiger partial charge is 0.396 e. The molecule has 0 radical (unpaired) electrons. The highest BCUT2D eigenvalue weighted by atomic mass is 32.2. The van der Waals surface area contributed by atoms with Crippen molar-refractivity contribution < 1.29 is 12.8 Å². The van der Waals surface area contributed by atoms with Crippen LogP contribution in [0.1, 0.15) is 5.56 Å². The Kier molecular flexibility index (Phi) is 2.95. The second-order valence-electron chi connectivity index (χ2n) is 3.73. The van der Waals surface area contributed by atoms with Gasteiger partial charge in [-0.05, 0) is 24.6 Å². The maximum atomic E-state index is 13.2. The molecule has 0 aliphatic heterocycles. The number of benzene rings is 1. The standard InChI is InChI=1S/C10H11FN4O2S/c1-6-2-8(11)9(12)3-10(6)18(16,17)15-7-4-13-14-5-7/h2-5,15H,12H2,1H3,(H,13,14). The van der Waals surface area contributed by atoms with E-state index in [0.717, 1.165) is 12.1 Å². The van der Waals surface area contributed by atoms with E-state index >= 15 is 0 Å². The number of nitrogens with two attached hydrogens (primary N) is 1. The summed E-state index contributed by atoms with van der Waals surface area (Å²) < 4.78 is 39.6. The summed E-state index contributed by atoms with van der Waals surface area (Å²) in [6.07, 6.45) is 2.71. The molecule has 6 nitrogen and oxygen atoms in total. The number of rotatable bonds is 3. The van der Waals surface area contributed by atoms with E-state index in [1.807, 2.05) is 0 Å². The molecule has 1 aromatic carbocycles. The summed E-state index contributed by atoms with van der Waals surface area (Å²) in [6.45, 7) is 1.49. The topological polar surface area (TPSA) is 101 Å². The smallest absolute Gasteiger partial charge is 0.262 e. The number of hydrogen-bond acceptors (Lipinski definition) is 4. The molecule has 0 bridgehead atoms. The van der Waals surface area contributed by atoms with Gasteiger partial charge in [0.2, 0.25) is 0 Å². The highest BCUT2D eigenvalue weighted by Crippen LogP contribution is 2.23. The number of sulfonamides is 1. The molecule has 8 heteroatoms. The molecule has 0 unspecified atom stereocenters. The van der Waals surface area contributed by atoms with Gasteiger partial charge in [0.05, 0.1) is 22.5 Å². The molecule has 0 saturated carbocycles. The van der Waals surface area contributed by atoms with Gasteiger partial charge in [-0.2, -0.15) is 5.10 Å². The van der Waals surface area contributed by atoms with Crippen LogP contribution in [0.25, 0.3) is 0 Å². The zero-order valence-electron chi connectivity index (χ0n) is 9.44. The number of aryl methyl sites for hydroxylation is 1. The Bertz CT molecular complexity index is 667. The highest BCUT2D eigenvalue weighted by Gasteiger charge is 2.19. The number of anilines is 2. The van der Waals surface area contributed by atoms with Gasteiger partial charge in [-0.3, -0.25) is 9.82 Å². The molecule has 0 aliphatic rings. The van der Waals surface area contributed by atoms with Gasteiger partial charge in [0, 0.05) is 6.20 Å². The Morgan fingerprint density at radius 1 is 1.44 bits per heavy atom. The molecule has 4 N–H and O–H groups in total. The molecule has 0 saturated heterocycles. The van der Waals surface area contributed by atoms with Gasteiger partial charge in [-0.1, -0.05) is 0 Å². The van der Waals surface area contributed by atoms with Gasteiger partial charge in [0.1, 0.15) is 5.82 Å². The minimum atomic E-state index is -3.81. The van der Waals surface area contributed by atoms with E-state index in [4.69, 9.17) is 5.73 Å². The average Bonchev–Trinajstić information content (AvgIpc) is 2.75. The Labute approximate surface area is 103 Å². The number of nitrogens with one attached hydrogen (secondary N) is 2. The number of aromatic nitrogens is 2. The maximum absolute atomic E-state index is 13.2. The van der Waals surface area contributed by atoms with Crippen LogP contribution in [0.2, 0.25) is 0 Å². The van der Waals surface area contributed by atoms with Crippen LogP contribution < -0.4 is 10.5 Å². The van der Waals surface area contributed by atoms with Gasteiger partial charge in [-0.25, -0.2) is 12.8 Å². The molecule has 0 spiro atoms. The number of halogens is 1. The van der Waals surface area contributed by atoms with Crippen molar-refractivity contribution in [2.45, 2.75) is 11.8 Å². The first-order valence-corrected chi connectivity index (χ1v) is 6.45. The Hall–Kier alpha value is -2.09. The highest BCUT2D eigenvalue weighted by molar-refractivity contribution is 7.92. The van der Waals surface area contributed by atoms with E-state index in [1.54, 1.807) is 0 Å². The van der Waals surface area contributed by atoms with E-state index in [9.17, 15) is 12.8 Å². The minimum Gasteiger partial charge on any atom is -0.396 e. The lowest BCUT2D eigenvalue weighted by molar-refractivity contribution is 0.599. The average molecular weight is 270 g/mol. The quantitative estimate of drug-likeness (QED) is 0.730. The number of nitrogens with zero attached hydrogens (tertiary/aromatic N) is 1. The van der Waals surface area contributed by atoms with E-state index in [-0.39, 0.29) is 21.8 Å². The molecule has 1 aromatic heterocycles. The molecule has 96 valence electrons. The fraction of sp³-hybridized carbons (Fsp3) is 0.100. The number of H-pyrrole nitrogens is 1. The van der Waals surface area contributed by atoms with Crippen LogP contribution in [0.4, 0.5) is 15.8 Å². The maximum Gasteiger partial charge on any atom is 0.262 e. The lowest BCUT2D eigenvalue weighted by Crippen LogP contribution is -2.14. The van der Waals surface area contributed by atoms with Gasteiger partial charge in [0.25, 0.3) is 10.0 Å². The number of hydrogen-bond donors (Lipinski definition) is 3. The second-order valence-corrected chi connectivity index (χ2v) is 5.38. The van der Waals surface area contributed by atoms with Crippen LogP contribution in [0.15, 0.2) is 29.4 Å². The molecule has 18 heavy (non-hydrogen) atoms. The molecule has 0 atom stereocenters. The fourth-order valence-electron chi connectivity index (χ4n) is 1.47. The molecular weight excluding hydrogens is 259 g/mol. The van der Waals surface area contributed by atoms with Gasteiger partial charge in [0.15, 0.2) is 0 Å². The third-order valence-corrected chi connectivity index (χ3v) is 3.86. The molecule has 0 amide bonds. The first-order chi connectivity index (χ1) is 8.40. The molecular formula is C10H11FN4O2S. The van der Waals surface area contributed by atoms with Crippen molar-refractivity contribution in [1.82, 2.24) is 10.2 Å². The van der Waals surface area contributed by atoms with Crippen LogP contribution in [0.3, 0.4) is 0 Å². The third kappa shape index (κ3) is 2.28. The normalized spacial score (nSPS) is 11.4. The number of nitrogen functional groups attached to an aromatic ring is 1. The van der Waals surface area contributed by atoms with Crippen molar-refractivity contribution >= 4 is 21.4 Å². The van der Waals surface area contributed by atoms with Gasteiger partial charge in [-0.15, -0.1) is 0 Å². The van der Waals surface area contributed by atoms with Crippen molar-refractivity contribution in [1.29, 1.82) is 0 Å². The summed E-state index contributed by atoms with van der Waals surface area (Å²) in [5, 5.41) is 6.09. The van der Waals surface area contributed by atoms with Crippen molar-refractivity contribution in [3.63, 3.8) is 0 Å². The molecule has 0 aliphatic carbocycles. The predicted octanol–water partition coefficient (Wildman–Crippen LogP) is 1.24. The van der Waals surface area contributed by atoms with Crippen molar-refractivity contribution in [2.75, 3.05) is 10.5 Å². The fourth-order valence-corrected chi connectivity index (χ4v) is 2.77. The molecule has 0 fully saturated rings. The van der Waals surface area contributed by atoms with E-state index in [2.05, 4.69) is 14.9 Å². The lowest BCUT2D eigenvalue weighted by atomic mass is 10.2.